The van der Waals surface area contributed by atoms with Gasteiger partial charge in [0.05, 0.1) is 0 Å². The molecule has 0 bridgehead atoms. The second kappa shape index (κ2) is 24.8. The molecule has 0 aromatic heterocycles. The largest absolute Gasteiger partial charge is 0 e. The van der Waals surface area contributed by atoms with Crippen LogP contribution in [-0.2, 0) is 50.3 Å². The van der Waals surface area contributed by atoms with Crippen LogP contribution < -0.4 is 6.15 Å². The summed E-state index contributed by atoms with van der Waals surface area (Å²) in [4.78, 5) is 0. The maximum atomic E-state index is 0. The fourth-order valence-electron chi connectivity index (χ4n) is 0. The normalized spacial score (nSPS) is 0. The summed E-state index contributed by atoms with van der Waals surface area (Å²) in [6.45, 7) is 0. The van der Waals surface area contributed by atoms with Crippen molar-refractivity contribution >= 4 is 0 Å². The Morgan fingerprint density at radius 1 is 1.00 bits per heavy atom. The molecule has 4 heteroatoms. The summed E-state index contributed by atoms with van der Waals surface area (Å²) in [5.74, 6) is 0. The van der Waals surface area contributed by atoms with Crippen molar-refractivity contribution in [3.05, 3.63) is 0 Å². The van der Waals surface area contributed by atoms with Crippen LogP contribution in [0.1, 0.15) is 0 Å². The van der Waals surface area contributed by atoms with Crippen LogP contribution in [0.15, 0.2) is 0 Å². The molecule has 0 saturated heterocycles. The zero-order valence-electron chi connectivity index (χ0n) is 1.45. The molecule has 0 aromatic rings. The van der Waals surface area contributed by atoms with E-state index >= 15 is 0 Å². The van der Waals surface area contributed by atoms with E-state index in [1.807, 2.05) is 0 Å². The minimum Gasteiger partial charge on any atom is 0 e. The van der Waals surface area contributed by atoms with E-state index in [0.717, 1.165) is 0 Å². The fraction of sp³-hybridized carbons (Fsp3) is 0. The molecule has 0 aliphatic rings. The Hall–Kier alpha value is 1.48. The van der Waals surface area contributed by atoms with Gasteiger partial charge in [0, 0.05) is 56.5 Å². The van der Waals surface area contributed by atoms with Crippen LogP contribution in [-0.4, -0.2) is 0 Å². The van der Waals surface area contributed by atoms with Gasteiger partial charge in [-0.2, -0.15) is 0 Å². The first-order chi connectivity index (χ1) is 0. The Morgan fingerprint density at radius 3 is 1.00 bits per heavy atom. The maximum absolute atomic E-state index is 0. The van der Waals surface area contributed by atoms with E-state index in [-0.39, 0.29) is 56.5 Å². The molecule has 0 rings (SSSR count). The van der Waals surface area contributed by atoms with Crippen LogP contribution in [0.2, 0.25) is 0 Å². The third-order valence-corrected chi connectivity index (χ3v) is 0. The Balaban J connectivity index is 0. The van der Waals surface area contributed by atoms with Crippen molar-refractivity contribution in [2.45, 2.75) is 0 Å². The first-order valence-electron chi connectivity index (χ1n) is 0. The third-order valence-electron chi connectivity index (χ3n) is 0. The van der Waals surface area contributed by atoms with Crippen molar-refractivity contribution in [2.24, 2.45) is 0 Å². The van der Waals surface area contributed by atoms with Crippen molar-refractivity contribution in [3.8, 4) is 0 Å². The number of hydrogen-bond acceptors (Lipinski definition) is 0. The first kappa shape index (κ1) is 50.2. The van der Waals surface area contributed by atoms with Gasteiger partial charge in [0.15, 0.2) is 0 Å². The molecule has 4 radical (unpaired) electrons. The standard InChI is InChI=1S/Co.Fe.N.Ni. The van der Waals surface area contributed by atoms with E-state index in [9.17, 15) is 0 Å². The van der Waals surface area contributed by atoms with Crippen LogP contribution in [0.4, 0.5) is 0 Å². The summed E-state index contributed by atoms with van der Waals surface area (Å²) in [6, 6.07) is 0. The molecule has 32 valence electrons. The van der Waals surface area contributed by atoms with E-state index in [2.05, 4.69) is 0 Å². The van der Waals surface area contributed by atoms with E-state index < -0.39 is 0 Å². The molecular formula is CoFeNNi. The van der Waals surface area contributed by atoms with Gasteiger partial charge < -0.3 is 0 Å². The van der Waals surface area contributed by atoms with Crippen molar-refractivity contribution in [1.29, 1.82) is 0 Å². The van der Waals surface area contributed by atoms with Gasteiger partial charge >= 0.3 is 0 Å². The molecule has 0 aliphatic heterocycles. The van der Waals surface area contributed by atoms with Crippen molar-refractivity contribution in [2.75, 3.05) is 0 Å². The van der Waals surface area contributed by atoms with Crippen molar-refractivity contribution in [3.63, 3.8) is 0 Å². The van der Waals surface area contributed by atoms with E-state index in [0.29, 0.717) is 0 Å². The zero-order chi connectivity index (χ0) is 0. The third kappa shape index (κ3) is 9.77. The van der Waals surface area contributed by atoms with Gasteiger partial charge in [-0.3, -0.25) is 0 Å². The summed E-state index contributed by atoms with van der Waals surface area (Å²) < 4.78 is 0. The van der Waals surface area contributed by atoms with E-state index in [1.165, 1.54) is 0 Å². The van der Waals surface area contributed by atoms with Gasteiger partial charge in [-0.15, -0.1) is 0 Å². The van der Waals surface area contributed by atoms with Gasteiger partial charge in [0.25, 0.3) is 0 Å². The molecule has 0 unspecified atom stereocenters. The minimum absolute atomic E-state index is 0. The first-order valence-corrected chi connectivity index (χ1v) is 0. The van der Waals surface area contributed by atoms with Crippen molar-refractivity contribution < 1.29 is 50.3 Å². The quantitative estimate of drug-likeness (QED) is 0.459. The zero-order valence-corrected chi connectivity index (χ0v) is 4.58. The molecule has 0 amide bonds. The SMILES string of the molecule is [Co].[Fe].[N].[Ni]. The van der Waals surface area contributed by atoms with Crippen LogP contribution in [0.5, 0.6) is 0 Å². The average Bonchev–Trinajstić information content (AvgIpc) is 0. The second-order valence-corrected chi connectivity index (χ2v) is 0. The Bertz CT molecular complexity index is 8.00. The minimum atomic E-state index is 0. The number of rotatable bonds is 0. The predicted octanol–water partition coefficient (Wildman–Crippen LogP) is -0.488. The monoisotopic (exact) mass is 187 g/mol. The molecule has 4 heavy (non-hydrogen) atoms. The van der Waals surface area contributed by atoms with Crippen LogP contribution in [0.25, 0.3) is 0 Å². The molecule has 0 heterocycles. The smallest absolute Gasteiger partial charge is 0 e. The van der Waals surface area contributed by atoms with Crippen LogP contribution in [0, 0.1) is 0 Å². The molecule has 0 aliphatic carbocycles. The average molecular weight is 187 g/mol. The van der Waals surface area contributed by atoms with Gasteiger partial charge in [-0.1, -0.05) is 0 Å². The molecule has 0 atom stereocenters. The molecule has 0 aromatic carbocycles. The summed E-state index contributed by atoms with van der Waals surface area (Å²) >= 11 is 0. The Morgan fingerprint density at radius 2 is 1.00 bits per heavy atom. The van der Waals surface area contributed by atoms with Crippen LogP contribution in [0.3, 0.4) is 0 Å². The summed E-state index contributed by atoms with van der Waals surface area (Å²) in [6.07, 6.45) is 0. The van der Waals surface area contributed by atoms with Gasteiger partial charge in [-0.25, -0.2) is 0 Å². The fourth-order valence-corrected chi connectivity index (χ4v) is 0. The van der Waals surface area contributed by atoms with Crippen molar-refractivity contribution in [1.82, 2.24) is 6.15 Å². The maximum Gasteiger partial charge on any atom is 0 e. The topological polar surface area (TPSA) is 30.5 Å². The number of nitrogens with zero attached hydrogens (tertiary/aromatic N) is 1. The number of hydrogen-bond donors (Lipinski definition) is 0. The van der Waals surface area contributed by atoms with E-state index in [1.54, 1.807) is 0 Å². The molecule has 0 spiro atoms. The van der Waals surface area contributed by atoms with Crippen LogP contribution >= 0.6 is 0 Å². The Kier molecular flexibility index (Phi) is 311. The molecule has 1 nitrogen and oxygen atoms in total. The summed E-state index contributed by atoms with van der Waals surface area (Å²) in [7, 11) is 0. The molecular weight excluding hydrogens is 187 g/mol. The molecule has 0 fully saturated rings. The molecule has 0 saturated carbocycles. The van der Waals surface area contributed by atoms with Gasteiger partial charge in [0.2, 0.25) is 0 Å². The Labute approximate surface area is 56.5 Å². The van der Waals surface area contributed by atoms with Gasteiger partial charge in [0.1, 0.15) is 0 Å². The second-order valence-electron chi connectivity index (χ2n) is 0. The molecule has 0 N–H and O–H groups in total. The summed E-state index contributed by atoms with van der Waals surface area (Å²) in [5.41, 5.74) is 0. The summed E-state index contributed by atoms with van der Waals surface area (Å²) in [5, 5.41) is 0. The van der Waals surface area contributed by atoms with Gasteiger partial charge in [-0.05, 0) is 0 Å². The predicted molar refractivity (Wildman–Crippen MR) is 2.13 cm³/mol. The van der Waals surface area contributed by atoms with E-state index in [4.69, 9.17) is 0 Å².